The molecule has 0 radical (unpaired) electrons. The van der Waals surface area contributed by atoms with Gasteiger partial charge in [0, 0.05) is 17.5 Å². The second-order valence-corrected chi connectivity index (χ2v) is 6.40. The molecule has 1 heterocycles. The lowest BCUT2D eigenvalue weighted by Gasteiger charge is -2.27. The standard InChI is InChI=1S/C19H17ClN2O4/c1-12-10-17(23)21-15-4-2-3-5-16(15)22(12)18(24)11-26-19(25)13-6-8-14(20)9-7-13/h2-9,12H,10-11H2,1H3,(H,21,23)/t12-/m0/s1. The van der Waals surface area contributed by atoms with Crippen molar-refractivity contribution in [2.24, 2.45) is 0 Å². The van der Waals surface area contributed by atoms with Gasteiger partial charge >= 0.3 is 5.97 Å². The monoisotopic (exact) mass is 372 g/mol. The molecule has 0 spiro atoms. The van der Waals surface area contributed by atoms with Crippen LogP contribution in [0.4, 0.5) is 11.4 Å². The molecule has 0 saturated carbocycles. The van der Waals surface area contributed by atoms with Crippen molar-refractivity contribution in [3.63, 3.8) is 0 Å². The van der Waals surface area contributed by atoms with Gasteiger partial charge in [-0.2, -0.15) is 0 Å². The van der Waals surface area contributed by atoms with Crippen molar-refractivity contribution in [2.45, 2.75) is 19.4 Å². The first-order chi connectivity index (χ1) is 12.5. The van der Waals surface area contributed by atoms with Gasteiger partial charge in [0.15, 0.2) is 6.61 Å². The smallest absolute Gasteiger partial charge is 0.338 e. The van der Waals surface area contributed by atoms with Crippen LogP contribution >= 0.6 is 11.6 Å². The quantitative estimate of drug-likeness (QED) is 0.839. The highest BCUT2D eigenvalue weighted by Gasteiger charge is 2.30. The van der Waals surface area contributed by atoms with Gasteiger partial charge in [0.2, 0.25) is 5.91 Å². The largest absolute Gasteiger partial charge is 0.452 e. The van der Waals surface area contributed by atoms with Gasteiger partial charge in [-0.25, -0.2) is 4.79 Å². The highest BCUT2D eigenvalue weighted by Crippen LogP contribution is 2.31. The molecule has 1 atom stereocenters. The summed E-state index contributed by atoms with van der Waals surface area (Å²) in [6.07, 6.45) is 0.158. The van der Waals surface area contributed by atoms with E-state index in [0.717, 1.165) is 0 Å². The number of hydrogen-bond acceptors (Lipinski definition) is 4. The van der Waals surface area contributed by atoms with E-state index in [9.17, 15) is 14.4 Å². The number of nitrogens with zero attached hydrogens (tertiary/aromatic N) is 1. The molecule has 3 rings (SSSR count). The molecule has 2 aromatic carbocycles. The van der Waals surface area contributed by atoms with E-state index in [4.69, 9.17) is 16.3 Å². The number of hydrogen-bond donors (Lipinski definition) is 1. The Labute approximate surface area is 155 Å². The summed E-state index contributed by atoms with van der Waals surface area (Å²) in [7, 11) is 0. The van der Waals surface area contributed by atoms with Gasteiger partial charge in [-0.3, -0.25) is 9.59 Å². The Morgan fingerprint density at radius 1 is 1.19 bits per heavy atom. The SMILES string of the molecule is C[C@H]1CC(=O)Nc2ccccc2N1C(=O)COC(=O)c1ccc(Cl)cc1. The Hall–Kier alpha value is -2.86. The van der Waals surface area contributed by atoms with Gasteiger partial charge in [-0.1, -0.05) is 23.7 Å². The molecule has 1 aliphatic rings. The van der Waals surface area contributed by atoms with Crippen LogP contribution in [0, 0.1) is 0 Å². The maximum atomic E-state index is 12.7. The van der Waals surface area contributed by atoms with Gasteiger partial charge in [0.05, 0.1) is 16.9 Å². The van der Waals surface area contributed by atoms with Crippen LogP contribution in [0.2, 0.25) is 5.02 Å². The summed E-state index contributed by atoms with van der Waals surface area (Å²) in [5.41, 5.74) is 1.45. The van der Waals surface area contributed by atoms with E-state index >= 15 is 0 Å². The number of carbonyl (C=O) groups excluding carboxylic acids is 3. The minimum Gasteiger partial charge on any atom is -0.452 e. The van der Waals surface area contributed by atoms with E-state index in [1.54, 1.807) is 43.3 Å². The molecule has 0 saturated heterocycles. The Kier molecular flexibility index (Phi) is 5.23. The third-order valence-electron chi connectivity index (χ3n) is 4.03. The fraction of sp³-hybridized carbons (Fsp3) is 0.211. The lowest BCUT2D eigenvalue weighted by molar-refractivity contribution is -0.122. The van der Waals surface area contributed by atoms with Crippen LogP contribution in [0.15, 0.2) is 48.5 Å². The highest BCUT2D eigenvalue weighted by atomic mass is 35.5. The zero-order chi connectivity index (χ0) is 18.7. The first kappa shape index (κ1) is 17.9. The fourth-order valence-electron chi connectivity index (χ4n) is 2.83. The molecule has 134 valence electrons. The zero-order valence-electron chi connectivity index (χ0n) is 14.1. The molecule has 2 amide bonds. The lowest BCUT2D eigenvalue weighted by Crippen LogP contribution is -2.41. The van der Waals surface area contributed by atoms with Crippen LogP contribution in [-0.4, -0.2) is 30.4 Å². The predicted octanol–water partition coefficient (Wildman–Crippen LogP) is 3.26. The number of anilines is 2. The van der Waals surface area contributed by atoms with E-state index in [-0.39, 0.29) is 18.4 Å². The molecule has 2 aromatic rings. The number of rotatable bonds is 3. The number of ether oxygens (including phenoxy) is 1. The Balaban J connectivity index is 1.75. The Morgan fingerprint density at radius 3 is 2.62 bits per heavy atom. The van der Waals surface area contributed by atoms with Crippen molar-refractivity contribution in [3.05, 3.63) is 59.1 Å². The van der Waals surface area contributed by atoms with Crippen molar-refractivity contribution in [2.75, 3.05) is 16.8 Å². The van der Waals surface area contributed by atoms with Crippen LogP contribution < -0.4 is 10.2 Å². The van der Waals surface area contributed by atoms with E-state index in [0.29, 0.717) is 22.0 Å². The summed E-state index contributed by atoms with van der Waals surface area (Å²) in [4.78, 5) is 38.2. The van der Waals surface area contributed by atoms with Crippen LogP contribution in [0.25, 0.3) is 0 Å². The third kappa shape index (κ3) is 3.86. The van der Waals surface area contributed by atoms with Crippen LogP contribution in [-0.2, 0) is 14.3 Å². The molecule has 0 fully saturated rings. The second-order valence-electron chi connectivity index (χ2n) is 5.97. The average Bonchev–Trinajstić information content (AvgIpc) is 2.74. The molecule has 1 N–H and O–H groups in total. The van der Waals surface area contributed by atoms with Crippen molar-refractivity contribution < 1.29 is 19.1 Å². The normalized spacial score (nSPS) is 16.3. The van der Waals surface area contributed by atoms with E-state index in [2.05, 4.69) is 5.32 Å². The van der Waals surface area contributed by atoms with Crippen LogP contribution in [0.1, 0.15) is 23.7 Å². The second kappa shape index (κ2) is 7.58. The number of para-hydroxylation sites is 2. The van der Waals surface area contributed by atoms with Gasteiger partial charge in [0.1, 0.15) is 0 Å². The molecule has 0 aromatic heterocycles. The summed E-state index contributed by atoms with van der Waals surface area (Å²) in [5.74, 6) is -1.18. The van der Waals surface area contributed by atoms with Crippen LogP contribution in [0.3, 0.4) is 0 Å². The van der Waals surface area contributed by atoms with Gasteiger partial charge in [-0.15, -0.1) is 0 Å². The summed E-state index contributed by atoms with van der Waals surface area (Å²) >= 11 is 5.79. The topological polar surface area (TPSA) is 75.7 Å². The van der Waals surface area contributed by atoms with Crippen molar-refractivity contribution in [1.29, 1.82) is 0 Å². The summed E-state index contributed by atoms with van der Waals surface area (Å²) < 4.78 is 5.14. The number of esters is 1. The lowest BCUT2D eigenvalue weighted by atomic mass is 10.1. The fourth-order valence-corrected chi connectivity index (χ4v) is 2.96. The number of carbonyl (C=O) groups is 3. The summed E-state index contributed by atoms with van der Waals surface area (Å²) in [6.45, 7) is 1.36. The maximum absolute atomic E-state index is 12.7. The number of benzene rings is 2. The molecule has 6 nitrogen and oxygen atoms in total. The van der Waals surface area contributed by atoms with E-state index in [1.165, 1.54) is 17.0 Å². The summed E-state index contributed by atoms with van der Waals surface area (Å²) in [5, 5.41) is 3.29. The van der Waals surface area contributed by atoms with Gasteiger partial charge < -0.3 is 15.0 Å². The van der Waals surface area contributed by atoms with Gasteiger partial charge in [0.25, 0.3) is 5.91 Å². The minimum absolute atomic E-state index is 0.158. The minimum atomic E-state index is -0.611. The first-order valence-corrected chi connectivity index (χ1v) is 8.47. The number of amides is 2. The number of fused-ring (bicyclic) bond motifs is 1. The molecular formula is C19H17ClN2O4. The third-order valence-corrected chi connectivity index (χ3v) is 4.29. The maximum Gasteiger partial charge on any atom is 0.338 e. The number of halogens is 1. The molecule has 26 heavy (non-hydrogen) atoms. The molecule has 0 unspecified atom stereocenters. The number of nitrogens with one attached hydrogen (secondary N) is 1. The van der Waals surface area contributed by atoms with Crippen molar-refractivity contribution in [3.8, 4) is 0 Å². The predicted molar refractivity (Wildman–Crippen MR) is 98.4 cm³/mol. The van der Waals surface area contributed by atoms with Crippen molar-refractivity contribution >= 4 is 40.8 Å². The zero-order valence-corrected chi connectivity index (χ0v) is 14.8. The van der Waals surface area contributed by atoms with Gasteiger partial charge in [-0.05, 0) is 43.3 Å². The average molecular weight is 373 g/mol. The van der Waals surface area contributed by atoms with Crippen molar-refractivity contribution in [1.82, 2.24) is 0 Å². The molecule has 7 heteroatoms. The van der Waals surface area contributed by atoms with E-state index in [1.807, 2.05) is 0 Å². The summed E-state index contributed by atoms with van der Waals surface area (Å²) in [6, 6.07) is 12.9. The Morgan fingerprint density at radius 2 is 1.88 bits per heavy atom. The molecule has 0 bridgehead atoms. The highest BCUT2D eigenvalue weighted by molar-refractivity contribution is 6.30. The van der Waals surface area contributed by atoms with Crippen LogP contribution in [0.5, 0.6) is 0 Å². The molecular weight excluding hydrogens is 356 g/mol. The molecule has 1 aliphatic heterocycles. The van der Waals surface area contributed by atoms with E-state index < -0.39 is 18.5 Å². The Bertz CT molecular complexity index is 851. The first-order valence-electron chi connectivity index (χ1n) is 8.09. The molecule has 0 aliphatic carbocycles.